The molecule has 17 heavy (non-hydrogen) atoms. The molecule has 0 bridgehead atoms. The molecule has 0 aromatic carbocycles. The first-order valence-electron chi connectivity index (χ1n) is 5.59. The third-order valence-corrected chi connectivity index (χ3v) is 2.89. The first kappa shape index (κ1) is 12.3. The Bertz CT molecular complexity index is 382. The van der Waals surface area contributed by atoms with E-state index in [9.17, 15) is 0 Å². The van der Waals surface area contributed by atoms with Crippen LogP contribution < -0.4 is 5.73 Å². The molecular weight excluding hydrogens is 238 g/mol. The van der Waals surface area contributed by atoms with Crippen LogP contribution in [0.15, 0.2) is 0 Å². The molecule has 7 nitrogen and oxygen atoms in total. The van der Waals surface area contributed by atoms with Crippen molar-refractivity contribution in [3.8, 4) is 0 Å². The molecule has 0 saturated carbocycles. The molecule has 94 valence electrons. The van der Waals surface area contributed by atoms with E-state index in [-0.39, 0.29) is 0 Å². The van der Waals surface area contributed by atoms with Crippen LogP contribution in [0.4, 0.5) is 0 Å². The summed E-state index contributed by atoms with van der Waals surface area (Å²) in [6.07, 6.45) is 0. The van der Waals surface area contributed by atoms with Crippen LogP contribution in [0.5, 0.6) is 0 Å². The molecule has 0 atom stereocenters. The van der Waals surface area contributed by atoms with Gasteiger partial charge in [0.25, 0.3) is 0 Å². The van der Waals surface area contributed by atoms with Crippen LogP contribution >= 0.6 is 12.2 Å². The third-order valence-electron chi connectivity index (χ3n) is 2.76. The Labute approximate surface area is 106 Å². The zero-order valence-corrected chi connectivity index (χ0v) is 10.7. The van der Waals surface area contributed by atoms with Crippen LogP contribution in [0.3, 0.4) is 0 Å². The predicted molar refractivity (Wildman–Crippen MR) is 67.3 cm³/mol. The lowest BCUT2D eigenvalue weighted by molar-refractivity contribution is 0.137. The van der Waals surface area contributed by atoms with Crippen LogP contribution in [-0.4, -0.2) is 67.7 Å². The molecule has 1 aliphatic rings. The highest BCUT2D eigenvalue weighted by Gasteiger charge is 2.18. The van der Waals surface area contributed by atoms with E-state index in [0.29, 0.717) is 11.5 Å². The normalized spacial score (nSPS) is 18.4. The molecule has 1 saturated heterocycles. The Balaban J connectivity index is 1.77. The number of tetrazole rings is 1. The maximum absolute atomic E-state index is 5.53. The van der Waals surface area contributed by atoms with Crippen molar-refractivity contribution < 1.29 is 0 Å². The molecule has 8 heteroatoms. The molecule has 0 amide bonds. The minimum Gasteiger partial charge on any atom is -0.392 e. The Kier molecular flexibility index (Phi) is 3.97. The van der Waals surface area contributed by atoms with E-state index in [2.05, 4.69) is 25.2 Å². The first-order chi connectivity index (χ1) is 8.13. The first-order valence-corrected chi connectivity index (χ1v) is 6.00. The van der Waals surface area contributed by atoms with Gasteiger partial charge in [-0.05, 0) is 5.21 Å². The van der Waals surface area contributed by atoms with Crippen molar-refractivity contribution in [2.75, 3.05) is 32.7 Å². The molecule has 2 heterocycles. The maximum Gasteiger partial charge on any atom is 0.188 e. The van der Waals surface area contributed by atoms with E-state index >= 15 is 0 Å². The van der Waals surface area contributed by atoms with Gasteiger partial charge >= 0.3 is 0 Å². The molecule has 2 N–H and O–H groups in total. The topological polar surface area (TPSA) is 76.1 Å². The van der Waals surface area contributed by atoms with Gasteiger partial charge in [0.2, 0.25) is 0 Å². The summed E-state index contributed by atoms with van der Waals surface area (Å²) < 4.78 is 0. The van der Waals surface area contributed by atoms with Crippen molar-refractivity contribution >= 4 is 17.2 Å². The minimum absolute atomic E-state index is 0.564. The van der Waals surface area contributed by atoms with Crippen LogP contribution in [0.2, 0.25) is 0 Å². The fourth-order valence-electron chi connectivity index (χ4n) is 1.91. The summed E-state index contributed by atoms with van der Waals surface area (Å²) in [4.78, 5) is 6.63. The van der Waals surface area contributed by atoms with Crippen molar-refractivity contribution in [3.05, 3.63) is 5.82 Å². The second-order valence-corrected chi connectivity index (χ2v) is 4.74. The lowest BCUT2D eigenvalue weighted by Gasteiger charge is -2.33. The number of nitrogens with zero attached hydrogens (tertiary/aromatic N) is 6. The summed E-state index contributed by atoms with van der Waals surface area (Å²) in [6.45, 7) is 5.41. The smallest absolute Gasteiger partial charge is 0.188 e. The van der Waals surface area contributed by atoms with Crippen LogP contribution in [0.1, 0.15) is 5.82 Å². The molecule has 0 radical (unpaired) electrons. The number of rotatable bonds is 4. The summed E-state index contributed by atoms with van der Waals surface area (Å²) >= 11 is 4.90. The van der Waals surface area contributed by atoms with Crippen LogP contribution in [0.25, 0.3) is 0 Å². The van der Waals surface area contributed by atoms with Gasteiger partial charge in [-0.25, -0.2) is 0 Å². The van der Waals surface area contributed by atoms with E-state index in [1.165, 1.54) is 4.80 Å². The standard InChI is InChI=1S/C9H17N7S/c1-14-12-9(11-13-14)7-16-4-2-15(3-5-16)6-8(10)17/h2-7H2,1H3,(H2,10,17). The SMILES string of the molecule is Cn1nnc(CN2CCN(CC(N)=S)CC2)n1. The van der Waals surface area contributed by atoms with Gasteiger partial charge in [0, 0.05) is 32.7 Å². The summed E-state index contributed by atoms with van der Waals surface area (Å²) in [5, 5.41) is 12.0. The molecule has 0 aliphatic carbocycles. The highest BCUT2D eigenvalue weighted by Crippen LogP contribution is 2.04. The Hall–Kier alpha value is -1.12. The van der Waals surface area contributed by atoms with Gasteiger partial charge < -0.3 is 5.73 Å². The van der Waals surface area contributed by atoms with E-state index in [4.69, 9.17) is 18.0 Å². The number of hydrogen-bond donors (Lipinski definition) is 1. The quantitative estimate of drug-likeness (QED) is 0.664. The van der Waals surface area contributed by atoms with E-state index in [0.717, 1.165) is 38.5 Å². The number of aryl methyl sites for hydroxylation is 1. The summed E-state index contributed by atoms with van der Waals surface area (Å²) in [5.74, 6) is 0.773. The van der Waals surface area contributed by atoms with Gasteiger partial charge in [0.1, 0.15) is 0 Å². The number of thiocarbonyl (C=S) groups is 1. The van der Waals surface area contributed by atoms with Gasteiger partial charge in [-0.15, -0.1) is 10.2 Å². The summed E-state index contributed by atoms with van der Waals surface area (Å²) in [7, 11) is 1.77. The van der Waals surface area contributed by atoms with Gasteiger partial charge in [0.05, 0.1) is 18.6 Å². The van der Waals surface area contributed by atoms with Crippen molar-refractivity contribution in [2.24, 2.45) is 12.8 Å². The average Bonchev–Trinajstić information content (AvgIpc) is 2.66. The summed E-state index contributed by atoms with van der Waals surface area (Å²) in [5.41, 5.74) is 5.53. The number of hydrogen-bond acceptors (Lipinski definition) is 6. The molecular formula is C9H17N7S. The monoisotopic (exact) mass is 255 g/mol. The van der Waals surface area contributed by atoms with Gasteiger partial charge in [-0.1, -0.05) is 12.2 Å². The zero-order valence-electron chi connectivity index (χ0n) is 9.91. The average molecular weight is 255 g/mol. The zero-order chi connectivity index (χ0) is 12.3. The molecule has 2 rings (SSSR count). The number of piperazine rings is 1. The molecule has 1 fully saturated rings. The second kappa shape index (κ2) is 5.48. The fraction of sp³-hybridized carbons (Fsp3) is 0.778. The van der Waals surface area contributed by atoms with Gasteiger partial charge in [-0.2, -0.15) is 4.80 Å². The van der Waals surface area contributed by atoms with Gasteiger partial charge in [-0.3, -0.25) is 9.80 Å². The van der Waals surface area contributed by atoms with Crippen molar-refractivity contribution in [1.82, 2.24) is 30.0 Å². The fourth-order valence-corrected chi connectivity index (χ4v) is 2.10. The highest BCUT2D eigenvalue weighted by molar-refractivity contribution is 7.80. The van der Waals surface area contributed by atoms with E-state index in [1.54, 1.807) is 7.05 Å². The summed E-state index contributed by atoms with van der Waals surface area (Å²) in [6, 6.07) is 0. The van der Waals surface area contributed by atoms with Crippen LogP contribution in [-0.2, 0) is 13.6 Å². The van der Waals surface area contributed by atoms with Gasteiger partial charge in [0.15, 0.2) is 5.82 Å². The number of aromatic nitrogens is 4. The predicted octanol–water partition coefficient (Wildman–Crippen LogP) is -1.39. The molecule has 0 unspecified atom stereocenters. The number of nitrogens with two attached hydrogens (primary N) is 1. The molecule has 1 aliphatic heterocycles. The third kappa shape index (κ3) is 3.69. The molecule has 1 aromatic heterocycles. The lowest BCUT2D eigenvalue weighted by atomic mass is 10.3. The van der Waals surface area contributed by atoms with E-state index in [1.807, 2.05) is 0 Å². The second-order valence-electron chi connectivity index (χ2n) is 4.21. The minimum atomic E-state index is 0.564. The van der Waals surface area contributed by atoms with Crippen LogP contribution in [0, 0.1) is 0 Å². The maximum atomic E-state index is 5.53. The van der Waals surface area contributed by atoms with Crippen molar-refractivity contribution in [3.63, 3.8) is 0 Å². The van der Waals surface area contributed by atoms with Crippen molar-refractivity contribution in [2.45, 2.75) is 6.54 Å². The Morgan fingerprint density at radius 2 is 1.94 bits per heavy atom. The Morgan fingerprint density at radius 3 is 2.47 bits per heavy atom. The Morgan fingerprint density at radius 1 is 1.29 bits per heavy atom. The molecule has 0 spiro atoms. The highest BCUT2D eigenvalue weighted by atomic mass is 32.1. The molecule has 1 aromatic rings. The largest absolute Gasteiger partial charge is 0.392 e. The lowest BCUT2D eigenvalue weighted by Crippen LogP contribution is -2.48. The van der Waals surface area contributed by atoms with E-state index < -0.39 is 0 Å². The van der Waals surface area contributed by atoms with Crippen molar-refractivity contribution in [1.29, 1.82) is 0 Å².